The molecule has 0 bridgehead atoms. The molecule has 1 aromatic carbocycles. The van der Waals surface area contributed by atoms with Crippen molar-refractivity contribution in [1.82, 2.24) is 4.98 Å². The summed E-state index contributed by atoms with van der Waals surface area (Å²) < 4.78 is 13.2. The number of nitrogens with one attached hydrogen (secondary N) is 1. The van der Waals surface area contributed by atoms with Gasteiger partial charge in [0.2, 0.25) is 5.91 Å². The molecule has 5 nitrogen and oxygen atoms in total. The number of hydrogen-bond acceptors (Lipinski definition) is 3. The first-order valence-corrected chi connectivity index (χ1v) is 6.20. The van der Waals surface area contributed by atoms with E-state index in [-0.39, 0.29) is 17.8 Å². The zero-order chi connectivity index (χ0) is 15.4. The van der Waals surface area contributed by atoms with Crippen LogP contribution in [-0.4, -0.2) is 22.0 Å². The molecule has 1 heterocycles. The quantitative estimate of drug-likeness (QED) is 0.905. The number of carbonyl (C=O) groups is 2. The maximum absolute atomic E-state index is 13.2. The van der Waals surface area contributed by atoms with Crippen molar-refractivity contribution in [3.05, 3.63) is 59.0 Å². The minimum absolute atomic E-state index is 0.0240. The predicted octanol–water partition coefficient (Wildman–Crippen LogP) is 2.41. The summed E-state index contributed by atoms with van der Waals surface area (Å²) in [6.07, 6.45) is 1.33. The van der Waals surface area contributed by atoms with Crippen LogP contribution in [0.4, 0.5) is 10.2 Å². The molecule has 0 spiro atoms. The first kappa shape index (κ1) is 14.6. The van der Waals surface area contributed by atoms with Crippen LogP contribution in [0.1, 0.15) is 21.5 Å². The van der Waals surface area contributed by atoms with E-state index in [0.29, 0.717) is 5.56 Å². The molecule has 0 radical (unpaired) electrons. The van der Waals surface area contributed by atoms with E-state index in [4.69, 9.17) is 5.11 Å². The molecule has 0 saturated carbocycles. The van der Waals surface area contributed by atoms with E-state index < -0.39 is 17.7 Å². The van der Waals surface area contributed by atoms with Crippen LogP contribution in [0.5, 0.6) is 0 Å². The minimum Gasteiger partial charge on any atom is -0.478 e. The summed E-state index contributed by atoms with van der Waals surface area (Å²) in [7, 11) is 0. The highest BCUT2D eigenvalue weighted by molar-refractivity contribution is 5.99. The summed E-state index contributed by atoms with van der Waals surface area (Å²) in [4.78, 5) is 26.8. The van der Waals surface area contributed by atoms with Gasteiger partial charge in [-0.3, -0.25) is 4.79 Å². The van der Waals surface area contributed by atoms with Gasteiger partial charge < -0.3 is 10.4 Å². The molecule has 108 valence electrons. The second-order valence-corrected chi connectivity index (χ2v) is 4.50. The van der Waals surface area contributed by atoms with Crippen LogP contribution in [0.3, 0.4) is 0 Å². The lowest BCUT2D eigenvalue weighted by Crippen LogP contribution is -2.18. The van der Waals surface area contributed by atoms with Crippen molar-refractivity contribution < 1.29 is 19.1 Å². The monoisotopic (exact) mass is 288 g/mol. The highest BCUT2D eigenvalue weighted by atomic mass is 19.1. The molecular formula is C15H13FN2O3. The lowest BCUT2D eigenvalue weighted by atomic mass is 10.1. The van der Waals surface area contributed by atoms with Gasteiger partial charge in [-0.2, -0.15) is 0 Å². The van der Waals surface area contributed by atoms with Gasteiger partial charge in [0.05, 0.1) is 6.42 Å². The number of aryl methyl sites for hydroxylation is 1. The molecule has 0 saturated heterocycles. The van der Waals surface area contributed by atoms with Crippen molar-refractivity contribution >= 4 is 17.7 Å². The molecule has 2 aromatic rings. The Balaban J connectivity index is 2.16. The second-order valence-electron chi connectivity index (χ2n) is 4.50. The van der Waals surface area contributed by atoms with Gasteiger partial charge in [-0.05, 0) is 42.3 Å². The zero-order valence-corrected chi connectivity index (χ0v) is 11.3. The van der Waals surface area contributed by atoms with Crippen LogP contribution in [0, 0.1) is 12.7 Å². The van der Waals surface area contributed by atoms with E-state index in [1.165, 1.54) is 30.5 Å². The van der Waals surface area contributed by atoms with Crippen LogP contribution in [0.25, 0.3) is 0 Å². The molecule has 0 fully saturated rings. The third kappa shape index (κ3) is 3.62. The van der Waals surface area contributed by atoms with Crippen LogP contribution in [-0.2, 0) is 11.2 Å². The molecule has 1 aromatic heterocycles. The molecule has 6 heteroatoms. The number of amides is 1. The number of halogens is 1. The second kappa shape index (κ2) is 6.13. The molecule has 1 amide bonds. The van der Waals surface area contributed by atoms with E-state index in [1.54, 1.807) is 13.0 Å². The summed E-state index contributed by atoms with van der Waals surface area (Å²) >= 11 is 0. The Morgan fingerprint density at radius 1 is 1.33 bits per heavy atom. The normalized spacial score (nSPS) is 10.2. The lowest BCUT2D eigenvalue weighted by molar-refractivity contribution is -0.115. The molecule has 0 aliphatic heterocycles. The fraction of sp³-hybridized carbons (Fsp3) is 0.133. The molecule has 2 N–H and O–H groups in total. The Morgan fingerprint density at radius 2 is 2.10 bits per heavy atom. The van der Waals surface area contributed by atoms with Crippen molar-refractivity contribution in [2.75, 3.05) is 5.32 Å². The van der Waals surface area contributed by atoms with E-state index in [1.807, 2.05) is 0 Å². The molecule has 0 aliphatic rings. The van der Waals surface area contributed by atoms with Crippen LogP contribution < -0.4 is 5.32 Å². The molecular weight excluding hydrogens is 275 g/mol. The standard InChI is InChI=1S/C15H13FN2O3/c1-9-4-5-11(16)7-10(9)8-13(19)18-14-12(15(20)21)3-2-6-17-14/h2-7H,8H2,1H3,(H,20,21)(H,17,18,19). The van der Waals surface area contributed by atoms with E-state index >= 15 is 0 Å². The van der Waals surface area contributed by atoms with Crippen LogP contribution in [0.15, 0.2) is 36.5 Å². The predicted molar refractivity (Wildman–Crippen MR) is 74.7 cm³/mol. The number of aromatic nitrogens is 1. The number of carboxylic acids is 1. The highest BCUT2D eigenvalue weighted by Crippen LogP contribution is 2.14. The lowest BCUT2D eigenvalue weighted by Gasteiger charge is -2.08. The van der Waals surface area contributed by atoms with Crippen LogP contribution in [0.2, 0.25) is 0 Å². The maximum atomic E-state index is 13.2. The van der Waals surface area contributed by atoms with Crippen molar-refractivity contribution in [3.63, 3.8) is 0 Å². The van der Waals surface area contributed by atoms with Gasteiger partial charge in [-0.1, -0.05) is 6.07 Å². The smallest absolute Gasteiger partial charge is 0.339 e. The Kier molecular flexibility index (Phi) is 4.27. The average Bonchev–Trinajstić information content (AvgIpc) is 2.43. The van der Waals surface area contributed by atoms with Crippen LogP contribution >= 0.6 is 0 Å². The SMILES string of the molecule is Cc1ccc(F)cc1CC(=O)Nc1ncccc1C(=O)O. The average molecular weight is 288 g/mol. The molecule has 0 atom stereocenters. The Labute approximate surface area is 120 Å². The van der Waals surface area contributed by atoms with Gasteiger partial charge in [0, 0.05) is 6.20 Å². The van der Waals surface area contributed by atoms with Crippen molar-refractivity contribution in [2.45, 2.75) is 13.3 Å². The Hall–Kier alpha value is -2.76. The van der Waals surface area contributed by atoms with Gasteiger partial charge in [0.15, 0.2) is 0 Å². The van der Waals surface area contributed by atoms with Crippen molar-refractivity contribution in [1.29, 1.82) is 0 Å². The number of rotatable bonds is 4. The molecule has 0 unspecified atom stereocenters. The first-order valence-electron chi connectivity index (χ1n) is 6.20. The Bertz CT molecular complexity index is 701. The van der Waals surface area contributed by atoms with Gasteiger partial charge >= 0.3 is 5.97 Å². The summed E-state index contributed by atoms with van der Waals surface area (Å²) in [5.41, 5.74) is 1.23. The number of anilines is 1. The molecule has 21 heavy (non-hydrogen) atoms. The third-order valence-corrected chi connectivity index (χ3v) is 2.96. The van der Waals surface area contributed by atoms with Gasteiger partial charge in [0.25, 0.3) is 0 Å². The van der Waals surface area contributed by atoms with Gasteiger partial charge in [-0.15, -0.1) is 0 Å². The number of hydrogen-bond donors (Lipinski definition) is 2. The number of pyridine rings is 1. The Morgan fingerprint density at radius 3 is 2.81 bits per heavy atom. The minimum atomic E-state index is -1.18. The zero-order valence-electron chi connectivity index (χ0n) is 11.3. The molecule has 0 aliphatic carbocycles. The van der Waals surface area contributed by atoms with E-state index in [2.05, 4.69) is 10.3 Å². The third-order valence-electron chi connectivity index (χ3n) is 2.96. The fourth-order valence-electron chi connectivity index (χ4n) is 1.86. The topological polar surface area (TPSA) is 79.3 Å². The number of carboxylic acid groups (broad SMARTS) is 1. The van der Waals surface area contributed by atoms with Gasteiger partial charge in [-0.25, -0.2) is 14.2 Å². The van der Waals surface area contributed by atoms with E-state index in [9.17, 15) is 14.0 Å². The first-order chi connectivity index (χ1) is 9.97. The summed E-state index contributed by atoms with van der Waals surface area (Å²) in [6.45, 7) is 1.77. The summed E-state index contributed by atoms with van der Waals surface area (Å²) in [6, 6.07) is 7.00. The number of nitrogens with zero attached hydrogens (tertiary/aromatic N) is 1. The largest absolute Gasteiger partial charge is 0.478 e. The number of carbonyl (C=O) groups excluding carboxylic acids is 1. The number of aromatic carboxylic acids is 1. The fourth-order valence-corrected chi connectivity index (χ4v) is 1.86. The summed E-state index contributed by atoms with van der Waals surface area (Å²) in [5, 5.41) is 11.4. The van der Waals surface area contributed by atoms with Gasteiger partial charge in [0.1, 0.15) is 17.2 Å². The molecule has 2 rings (SSSR count). The highest BCUT2D eigenvalue weighted by Gasteiger charge is 2.14. The number of benzene rings is 1. The summed E-state index contributed by atoms with van der Waals surface area (Å²) in [5.74, 6) is -2.08. The maximum Gasteiger partial charge on any atom is 0.339 e. The van der Waals surface area contributed by atoms with E-state index in [0.717, 1.165) is 5.56 Å². The van der Waals surface area contributed by atoms with Crippen molar-refractivity contribution in [3.8, 4) is 0 Å². The van der Waals surface area contributed by atoms with Crippen molar-refractivity contribution in [2.24, 2.45) is 0 Å².